The molecule has 4 aromatic rings. The van der Waals surface area contributed by atoms with E-state index < -0.39 is 0 Å². The lowest BCUT2D eigenvalue weighted by atomic mass is 10.1. The number of benzene rings is 2. The summed E-state index contributed by atoms with van der Waals surface area (Å²) in [6, 6.07) is 17.9. The Kier molecular flexibility index (Phi) is 6.07. The van der Waals surface area contributed by atoms with E-state index in [2.05, 4.69) is 29.5 Å². The van der Waals surface area contributed by atoms with E-state index in [4.69, 9.17) is 5.10 Å². The SMILES string of the molecule is Cc1ccccc1-n1nc(C)c(CN(C)C(=O)NCc2cccc(-n3cccn3)c2)c1C. The third-order valence-electron chi connectivity index (χ3n) is 5.65. The Morgan fingerprint density at radius 1 is 1.06 bits per heavy atom. The molecule has 0 aliphatic carbocycles. The van der Waals surface area contributed by atoms with E-state index in [1.165, 1.54) is 0 Å². The van der Waals surface area contributed by atoms with Crippen molar-refractivity contribution in [3.8, 4) is 11.4 Å². The van der Waals surface area contributed by atoms with Gasteiger partial charge in [0.05, 0.1) is 23.6 Å². The van der Waals surface area contributed by atoms with Crippen molar-refractivity contribution >= 4 is 6.03 Å². The minimum Gasteiger partial charge on any atom is -0.334 e. The average Bonchev–Trinajstić information content (AvgIpc) is 3.43. The first kappa shape index (κ1) is 21.4. The Morgan fingerprint density at radius 2 is 1.88 bits per heavy atom. The molecule has 32 heavy (non-hydrogen) atoms. The minimum atomic E-state index is -0.128. The maximum atomic E-state index is 12.8. The van der Waals surface area contributed by atoms with Crippen molar-refractivity contribution in [2.24, 2.45) is 0 Å². The van der Waals surface area contributed by atoms with E-state index in [1.54, 1.807) is 22.8 Å². The molecule has 2 aromatic heterocycles. The Hall–Kier alpha value is -3.87. The fourth-order valence-electron chi connectivity index (χ4n) is 3.79. The van der Waals surface area contributed by atoms with Crippen LogP contribution >= 0.6 is 0 Å². The van der Waals surface area contributed by atoms with Crippen LogP contribution in [0.4, 0.5) is 4.79 Å². The number of carbonyl (C=O) groups excluding carboxylic acids is 1. The van der Waals surface area contributed by atoms with E-state index in [-0.39, 0.29) is 6.03 Å². The summed E-state index contributed by atoms with van der Waals surface area (Å²) in [7, 11) is 1.81. The number of hydrogen-bond donors (Lipinski definition) is 1. The zero-order valence-corrected chi connectivity index (χ0v) is 18.9. The number of hydrogen-bond acceptors (Lipinski definition) is 3. The van der Waals surface area contributed by atoms with Crippen molar-refractivity contribution in [3.63, 3.8) is 0 Å². The average molecular weight is 429 g/mol. The van der Waals surface area contributed by atoms with E-state index in [0.717, 1.165) is 39.5 Å². The topological polar surface area (TPSA) is 68.0 Å². The molecule has 7 nitrogen and oxygen atoms in total. The highest BCUT2D eigenvalue weighted by atomic mass is 16.2. The maximum absolute atomic E-state index is 12.8. The predicted octanol–water partition coefficient (Wildman–Crippen LogP) is 4.32. The van der Waals surface area contributed by atoms with Crippen molar-refractivity contribution in [1.82, 2.24) is 29.8 Å². The molecule has 0 aliphatic heterocycles. The van der Waals surface area contributed by atoms with Crippen LogP contribution in [0.15, 0.2) is 67.0 Å². The van der Waals surface area contributed by atoms with Gasteiger partial charge in [-0.15, -0.1) is 0 Å². The normalized spacial score (nSPS) is 10.9. The van der Waals surface area contributed by atoms with Gasteiger partial charge >= 0.3 is 6.03 Å². The molecule has 4 rings (SSSR count). The molecule has 0 fully saturated rings. The molecular formula is C25H28N6O. The van der Waals surface area contributed by atoms with Crippen molar-refractivity contribution in [2.75, 3.05) is 7.05 Å². The molecule has 0 atom stereocenters. The number of urea groups is 1. The molecule has 0 radical (unpaired) electrons. The van der Waals surface area contributed by atoms with Gasteiger partial charge in [0.15, 0.2) is 0 Å². The standard InChI is InChI=1S/C25H28N6O/c1-18-9-5-6-12-24(18)31-20(3)23(19(2)28-31)17-29(4)25(32)26-16-21-10-7-11-22(15-21)30-14-8-13-27-30/h5-15H,16-17H2,1-4H3,(H,26,32). The largest absolute Gasteiger partial charge is 0.334 e. The second kappa shape index (κ2) is 9.09. The van der Waals surface area contributed by atoms with Crippen LogP contribution in [0.1, 0.15) is 28.1 Å². The molecule has 0 bridgehead atoms. The van der Waals surface area contributed by atoms with Crippen LogP contribution in [0.2, 0.25) is 0 Å². The first-order valence-electron chi connectivity index (χ1n) is 10.6. The zero-order chi connectivity index (χ0) is 22.7. The lowest BCUT2D eigenvalue weighted by molar-refractivity contribution is 0.206. The Balaban J connectivity index is 1.42. The number of nitrogens with one attached hydrogen (secondary N) is 1. The summed E-state index contributed by atoms with van der Waals surface area (Å²) >= 11 is 0. The van der Waals surface area contributed by atoms with Gasteiger partial charge in [0.1, 0.15) is 0 Å². The zero-order valence-electron chi connectivity index (χ0n) is 18.9. The predicted molar refractivity (Wildman–Crippen MR) is 125 cm³/mol. The summed E-state index contributed by atoms with van der Waals surface area (Å²) < 4.78 is 3.77. The first-order valence-corrected chi connectivity index (χ1v) is 10.6. The van der Waals surface area contributed by atoms with Gasteiger partial charge in [-0.05, 0) is 56.2 Å². The number of carbonyl (C=O) groups is 1. The highest BCUT2D eigenvalue weighted by Gasteiger charge is 2.18. The molecule has 0 aliphatic rings. The Bertz CT molecular complexity index is 1230. The van der Waals surface area contributed by atoms with Gasteiger partial charge in [0, 0.05) is 37.2 Å². The van der Waals surface area contributed by atoms with Crippen LogP contribution in [0, 0.1) is 20.8 Å². The number of nitrogens with zero attached hydrogens (tertiary/aromatic N) is 5. The van der Waals surface area contributed by atoms with Crippen LogP contribution in [0.3, 0.4) is 0 Å². The lowest BCUT2D eigenvalue weighted by Crippen LogP contribution is -2.36. The minimum absolute atomic E-state index is 0.128. The van der Waals surface area contributed by atoms with Crippen LogP contribution in [-0.2, 0) is 13.1 Å². The summed E-state index contributed by atoms with van der Waals surface area (Å²) in [5.74, 6) is 0. The summed E-state index contributed by atoms with van der Waals surface area (Å²) in [5.41, 5.74) is 7.23. The van der Waals surface area contributed by atoms with Gasteiger partial charge in [-0.3, -0.25) is 0 Å². The lowest BCUT2D eigenvalue weighted by Gasteiger charge is -2.19. The molecule has 0 spiro atoms. The highest BCUT2D eigenvalue weighted by Crippen LogP contribution is 2.21. The molecule has 7 heteroatoms. The van der Waals surface area contributed by atoms with E-state index in [0.29, 0.717) is 13.1 Å². The van der Waals surface area contributed by atoms with Gasteiger partial charge in [0.2, 0.25) is 0 Å². The molecule has 2 aromatic carbocycles. The second-order valence-electron chi connectivity index (χ2n) is 7.98. The van der Waals surface area contributed by atoms with E-state index in [1.807, 2.05) is 67.2 Å². The van der Waals surface area contributed by atoms with Crippen molar-refractivity contribution in [3.05, 3.63) is 95.1 Å². The Morgan fingerprint density at radius 3 is 2.62 bits per heavy atom. The highest BCUT2D eigenvalue weighted by molar-refractivity contribution is 5.74. The number of rotatable bonds is 6. The molecule has 1 N–H and O–H groups in total. The van der Waals surface area contributed by atoms with Crippen molar-refractivity contribution in [1.29, 1.82) is 0 Å². The fourth-order valence-corrected chi connectivity index (χ4v) is 3.79. The molecule has 0 saturated heterocycles. The monoisotopic (exact) mass is 428 g/mol. The number of para-hydroxylation sites is 1. The summed E-state index contributed by atoms with van der Waals surface area (Å²) in [6.45, 7) is 7.05. The van der Waals surface area contributed by atoms with Crippen LogP contribution in [0.5, 0.6) is 0 Å². The molecule has 164 valence electrons. The number of aromatic nitrogens is 4. The number of aryl methyl sites for hydroxylation is 2. The summed E-state index contributed by atoms with van der Waals surface area (Å²) in [4.78, 5) is 14.4. The van der Waals surface area contributed by atoms with Crippen molar-refractivity contribution < 1.29 is 4.79 Å². The Labute approximate surface area is 188 Å². The molecule has 0 unspecified atom stereocenters. The molecule has 0 saturated carbocycles. The van der Waals surface area contributed by atoms with Gasteiger partial charge < -0.3 is 10.2 Å². The summed E-state index contributed by atoms with van der Waals surface area (Å²) in [6.07, 6.45) is 3.64. The smallest absolute Gasteiger partial charge is 0.317 e. The number of amides is 2. The van der Waals surface area contributed by atoms with E-state index >= 15 is 0 Å². The molecule has 2 amide bonds. The van der Waals surface area contributed by atoms with Crippen LogP contribution in [0.25, 0.3) is 11.4 Å². The third kappa shape index (κ3) is 4.42. The molecular weight excluding hydrogens is 400 g/mol. The second-order valence-corrected chi connectivity index (χ2v) is 7.98. The third-order valence-corrected chi connectivity index (χ3v) is 5.65. The van der Waals surface area contributed by atoms with E-state index in [9.17, 15) is 4.79 Å². The van der Waals surface area contributed by atoms with Crippen LogP contribution < -0.4 is 5.32 Å². The van der Waals surface area contributed by atoms with Gasteiger partial charge in [0.25, 0.3) is 0 Å². The van der Waals surface area contributed by atoms with Gasteiger partial charge in [-0.25, -0.2) is 14.2 Å². The fraction of sp³-hybridized carbons (Fsp3) is 0.240. The quantitative estimate of drug-likeness (QED) is 0.497. The van der Waals surface area contributed by atoms with Crippen molar-refractivity contribution in [2.45, 2.75) is 33.9 Å². The van der Waals surface area contributed by atoms with Crippen LogP contribution in [-0.4, -0.2) is 37.5 Å². The maximum Gasteiger partial charge on any atom is 0.317 e. The van der Waals surface area contributed by atoms with Gasteiger partial charge in [-0.1, -0.05) is 30.3 Å². The summed E-state index contributed by atoms with van der Waals surface area (Å²) in [5, 5.41) is 12.0. The molecule has 2 heterocycles. The van der Waals surface area contributed by atoms with Gasteiger partial charge in [-0.2, -0.15) is 10.2 Å². The first-order chi connectivity index (χ1) is 15.4.